The van der Waals surface area contributed by atoms with E-state index in [2.05, 4.69) is 254 Å². The molecule has 63 heavy (non-hydrogen) atoms. The van der Waals surface area contributed by atoms with E-state index in [1.807, 2.05) is 0 Å². The second-order valence-electron chi connectivity index (χ2n) is 18.3. The minimum Gasteiger partial charge on any atom is -0.0622 e. The van der Waals surface area contributed by atoms with Crippen LogP contribution in [0.25, 0.3) is 44.5 Å². The van der Waals surface area contributed by atoms with Crippen LogP contribution in [0, 0.1) is 20.8 Å². The Kier molecular flexibility index (Phi) is 10.2. The number of rotatable bonds is 6. The Hall–Kier alpha value is -7.02. The molecule has 0 N–H and O–H groups in total. The topological polar surface area (TPSA) is 0 Å². The van der Waals surface area contributed by atoms with Crippen molar-refractivity contribution in [2.45, 2.75) is 58.3 Å². The third kappa shape index (κ3) is 6.86. The lowest BCUT2D eigenvalue weighted by Crippen LogP contribution is -2.28. The van der Waals surface area contributed by atoms with Gasteiger partial charge in [0.2, 0.25) is 0 Å². The molecule has 1 atom stereocenters. The predicted molar refractivity (Wildman–Crippen MR) is 267 cm³/mol. The SMILES string of the molecule is CC(c1ccc(-c2ccccc2)cc1)c1ccc2c(c1)C(C)(C)c1ccccc1-2.Cc1ccc(-c2cc(C)cc3c2-c2ccc(C)cc2C3(c2ccccc2)c2ccccc2)cc1. The van der Waals surface area contributed by atoms with Gasteiger partial charge in [-0.2, -0.15) is 0 Å². The summed E-state index contributed by atoms with van der Waals surface area (Å²) in [6.45, 7) is 13.6. The van der Waals surface area contributed by atoms with Crippen molar-refractivity contribution in [2.75, 3.05) is 0 Å². The van der Waals surface area contributed by atoms with Gasteiger partial charge in [0.25, 0.3) is 0 Å². The Morgan fingerprint density at radius 1 is 0.333 bits per heavy atom. The quantitative estimate of drug-likeness (QED) is 0.157. The molecule has 9 aromatic carbocycles. The average molecular weight is 811 g/mol. The van der Waals surface area contributed by atoms with Gasteiger partial charge in [0.1, 0.15) is 0 Å². The van der Waals surface area contributed by atoms with E-state index in [-0.39, 0.29) is 10.8 Å². The molecule has 0 heteroatoms. The Morgan fingerprint density at radius 3 is 1.51 bits per heavy atom. The third-order valence-electron chi connectivity index (χ3n) is 13.9. The monoisotopic (exact) mass is 810 g/mol. The molecule has 0 nitrogen and oxygen atoms in total. The zero-order valence-corrected chi connectivity index (χ0v) is 37.3. The van der Waals surface area contributed by atoms with Crippen molar-refractivity contribution < 1.29 is 0 Å². The highest BCUT2D eigenvalue weighted by molar-refractivity contribution is 5.96. The second kappa shape index (κ2) is 16.0. The third-order valence-corrected chi connectivity index (χ3v) is 13.9. The van der Waals surface area contributed by atoms with Gasteiger partial charge in [-0.05, 0) is 110 Å². The summed E-state index contributed by atoms with van der Waals surface area (Å²) in [5.74, 6) is 0.365. The van der Waals surface area contributed by atoms with Crippen molar-refractivity contribution in [2.24, 2.45) is 0 Å². The molecule has 11 rings (SSSR count). The number of benzene rings is 9. The molecule has 2 aliphatic rings. The van der Waals surface area contributed by atoms with Crippen molar-refractivity contribution in [1.29, 1.82) is 0 Å². The molecule has 0 bridgehead atoms. The fourth-order valence-corrected chi connectivity index (χ4v) is 10.6. The van der Waals surface area contributed by atoms with E-state index < -0.39 is 0 Å². The van der Waals surface area contributed by atoms with Crippen LogP contribution in [-0.4, -0.2) is 0 Å². The molecule has 1 unspecified atom stereocenters. The smallest absolute Gasteiger partial charge is 0.0622 e. The molecule has 0 radical (unpaired) electrons. The molecule has 0 aliphatic heterocycles. The zero-order chi connectivity index (χ0) is 43.3. The predicted octanol–water partition coefficient (Wildman–Crippen LogP) is 16.5. The molecule has 0 saturated carbocycles. The van der Waals surface area contributed by atoms with Crippen LogP contribution in [0.2, 0.25) is 0 Å². The summed E-state index contributed by atoms with van der Waals surface area (Å²) in [7, 11) is 0. The van der Waals surface area contributed by atoms with Gasteiger partial charge in [0.15, 0.2) is 0 Å². The van der Waals surface area contributed by atoms with Gasteiger partial charge < -0.3 is 0 Å². The van der Waals surface area contributed by atoms with Crippen molar-refractivity contribution in [3.8, 4) is 44.5 Å². The maximum Gasteiger partial charge on any atom is 0.0713 e. The van der Waals surface area contributed by atoms with Crippen molar-refractivity contribution >= 4 is 0 Å². The van der Waals surface area contributed by atoms with E-state index in [0.29, 0.717) is 5.92 Å². The molecule has 0 amide bonds. The van der Waals surface area contributed by atoms with Gasteiger partial charge in [-0.25, -0.2) is 0 Å². The zero-order valence-electron chi connectivity index (χ0n) is 37.3. The molecule has 0 heterocycles. The molecule has 9 aromatic rings. The first-order chi connectivity index (χ1) is 30.6. The fourth-order valence-electron chi connectivity index (χ4n) is 10.6. The molecule has 2 aliphatic carbocycles. The summed E-state index contributed by atoms with van der Waals surface area (Å²) in [5.41, 5.74) is 25.2. The van der Waals surface area contributed by atoms with Crippen molar-refractivity contribution in [3.63, 3.8) is 0 Å². The highest BCUT2D eigenvalue weighted by Gasteiger charge is 2.47. The van der Waals surface area contributed by atoms with Crippen LogP contribution >= 0.6 is 0 Å². The Labute approximate surface area is 374 Å². The molecular formula is C63H54. The standard InChI is InChI=1S/C34H28.C29H26/c1-23-14-17-26(18-15-23)30-20-25(3)22-32-33(30)29-19-16-24(2)21-31(29)34(32,27-10-6-4-7-11-27)28-12-8-5-9-13-28;1-20(21-13-15-23(16-14-21)22-9-5-4-6-10-22)24-17-18-26-25-11-7-8-12-27(25)29(2,3)28(26)19-24/h4-22H,1-3H3;4-20H,1-3H3. The fraction of sp³-hybridized carbons (Fsp3) is 0.143. The van der Waals surface area contributed by atoms with Crippen LogP contribution in [-0.2, 0) is 10.8 Å². The summed E-state index contributed by atoms with van der Waals surface area (Å²) in [6, 6.07) is 78.4. The molecule has 0 aromatic heterocycles. The van der Waals surface area contributed by atoms with E-state index in [1.165, 1.54) is 106 Å². The minimum absolute atomic E-state index is 0.0544. The first kappa shape index (κ1) is 40.1. The van der Waals surface area contributed by atoms with E-state index in [4.69, 9.17) is 0 Å². The van der Waals surface area contributed by atoms with E-state index in [9.17, 15) is 0 Å². The molecule has 0 saturated heterocycles. The normalized spacial score (nSPS) is 14.1. The van der Waals surface area contributed by atoms with Crippen molar-refractivity contribution in [1.82, 2.24) is 0 Å². The van der Waals surface area contributed by atoms with Gasteiger partial charge in [-0.3, -0.25) is 0 Å². The van der Waals surface area contributed by atoms with Crippen molar-refractivity contribution in [3.05, 3.63) is 274 Å². The first-order valence-electron chi connectivity index (χ1n) is 22.5. The molecule has 0 fully saturated rings. The summed E-state index contributed by atoms with van der Waals surface area (Å²) in [6.07, 6.45) is 0. The largest absolute Gasteiger partial charge is 0.0713 e. The Morgan fingerprint density at radius 2 is 0.841 bits per heavy atom. The number of hydrogen-bond donors (Lipinski definition) is 0. The average Bonchev–Trinajstić information content (AvgIpc) is 3.74. The molecule has 0 spiro atoms. The second-order valence-corrected chi connectivity index (χ2v) is 18.3. The van der Waals surface area contributed by atoms with Crippen LogP contribution in [0.3, 0.4) is 0 Å². The Balaban J connectivity index is 0.000000152. The summed E-state index contributed by atoms with van der Waals surface area (Å²) in [4.78, 5) is 0. The van der Waals surface area contributed by atoms with Crippen LogP contribution in [0.1, 0.15) is 87.9 Å². The minimum atomic E-state index is -0.356. The van der Waals surface area contributed by atoms with Gasteiger partial charge in [0, 0.05) is 11.3 Å². The van der Waals surface area contributed by atoms with Crippen LogP contribution < -0.4 is 0 Å². The highest BCUT2D eigenvalue weighted by Crippen LogP contribution is 2.59. The van der Waals surface area contributed by atoms with E-state index in [1.54, 1.807) is 0 Å². The van der Waals surface area contributed by atoms with Gasteiger partial charge in [-0.15, -0.1) is 0 Å². The highest BCUT2D eigenvalue weighted by atomic mass is 14.5. The van der Waals surface area contributed by atoms with Gasteiger partial charge in [-0.1, -0.05) is 250 Å². The molecule has 306 valence electrons. The number of fused-ring (bicyclic) bond motifs is 6. The summed E-state index contributed by atoms with van der Waals surface area (Å²) < 4.78 is 0. The maximum atomic E-state index is 2.44. The lowest BCUT2D eigenvalue weighted by atomic mass is 9.67. The van der Waals surface area contributed by atoms with Crippen LogP contribution in [0.5, 0.6) is 0 Å². The number of aryl methyl sites for hydroxylation is 3. The number of hydrogen-bond acceptors (Lipinski definition) is 0. The van der Waals surface area contributed by atoms with Crippen LogP contribution in [0.15, 0.2) is 212 Å². The first-order valence-corrected chi connectivity index (χ1v) is 22.5. The summed E-state index contributed by atoms with van der Waals surface area (Å²) in [5, 5.41) is 0. The Bertz CT molecular complexity index is 3040. The lowest BCUT2D eigenvalue weighted by Gasteiger charge is -2.34. The molecular weight excluding hydrogens is 757 g/mol. The van der Waals surface area contributed by atoms with Gasteiger partial charge >= 0.3 is 0 Å². The maximum absolute atomic E-state index is 2.44. The summed E-state index contributed by atoms with van der Waals surface area (Å²) >= 11 is 0. The lowest BCUT2D eigenvalue weighted by molar-refractivity contribution is 0.658. The van der Waals surface area contributed by atoms with Gasteiger partial charge in [0.05, 0.1) is 5.41 Å². The van der Waals surface area contributed by atoms with E-state index in [0.717, 1.165) is 0 Å². The van der Waals surface area contributed by atoms with Crippen LogP contribution in [0.4, 0.5) is 0 Å². The van der Waals surface area contributed by atoms with E-state index >= 15 is 0 Å².